The van der Waals surface area contributed by atoms with Crippen LogP contribution in [0.2, 0.25) is 0 Å². The second-order valence-electron chi connectivity index (χ2n) is 7.80. The predicted octanol–water partition coefficient (Wildman–Crippen LogP) is 3.51. The van der Waals surface area contributed by atoms with E-state index in [1.807, 2.05) is 0 Å². The van der Waals surface area contributed by atoms with Crippen LogP contribution in [0.5, 0.6) is 0 Å². The minimum atomic E-state index is 0.498. The molecule has 2 aliphatic carbocycles. The molecule has 0 amide bonds. The zero-order valence-electron chi connectivity index (χ0n) is 13.5. The monoisotopic (exact) mass is 266 g/mol. The predicted molar refractivity (Wildman–Crippen MR) is 83.1 cm³/mol. The Kier molecular flexibility index (Phi) is 4.94. The van der Waals surface area contributed by atoms with Gasteiger partial charge in [0.15, 0.2) is 0 Å². The average Bonchev–Trinajstić information content (AvgIpc) is 3.21. The number of hydrogen-bond donors (Lipinski definition) is 1. The minimum Gasteiger partial charge on any atom is -0.330 e. The second kappa shape index (κ2) is 6.13. The SMILES string of the molecule is CCC(C)(C)C1CCC(CN)C(N(C)CC2CC2)C1. The summed E-state index contributed by atoms with van der Waals surface area (Å²) in [7, 11) is 2.34. The molecule has 2 nitrogen and oxygen atoms in total. The molecule has 3 atom stereocenters. The normalized spacial score (nSPS) is 32.8. The van der Waals surface area contributed by atoms with Crippen molar-refractivity contribution in [2.75, 3.05) is 20.1 Å². The largest absolute Gasteiger partial charge is 0.330 e. The second-order valence-corrected chi connectivity index (χ2v) is 7.80. The molecular weight excluding hydrogens is 232 g/mol. The Morgan fingerprint density at radius 2 is 1.84 bits per heavy atom. The van der Waals surface area contributed by atoms with Crippen LogP contribution in [-0.2, 0) is 0 Å². The molecule has 0 aromatic rings. The fourth-order valence-corrected chi connectivity index (χ4v) is 3.87. The Hall–Kier alpha value is -0.0800. The molecule has 0 saturated heterocycles. The van der Waals surface area contributed by atoms with Crippen molar-refractivity contribution in [2.24, 2.45) is 28.9 Å². The molecule has 0 spiro atoms. The van der Waals surface area contributed by atoms with Gasteiger partial charge in [-0.3, -0.25) is 0 Å². The van der Waals surface area contributed by atoms with Crippen LogP contribution in [0.1, 0.15) is 59.3 Å². The van der Waals surface area contributed by atoms with Crippen LogP contribution in [0.4, 0.5) is 0 Å². The van der Waals surface area contributed by atoms with Crippen LogP contribution in [0, 0.1) is 23.2 Å². The van der Waals surface area contributed by atoms with Crippen LogP contribution < -0.4 is 5.73 Å². The topological polar surface area (TPSA) is 29.3 Å². The molecule has 2 saturated carbocycles. The highest BCUT2D eigenvalue weighted by Crippen LogP contribution is 2.43. The van der Waals surface area contributed by atoms with Crippen LogP contribution in [0.25, 0.3) is 0 Å². The Bertz CT molecular complexity index is 283. The molecule has 3 unspecified atom stereocenters. The van der Waals surface area contributed by atoms with Crippen LogP contribution in [0.3, 0.4) is 0 Å². The third-order valence-corrected chi connectivity index (χ3v) is 6.08. The quantitative estimate of drug-likeness (QED) is 0.797. The molecule has 0 aromatic heterocycles. The van der Waals surface area contributed by atoms with E-state index >= 15 is 0 Å². The highest BCUT2D eigenvalue weighted by Gasteiger charge is 2.39. The molecule has 0 radical (unpaired) electrons. The van der Waals surface area contributed by atoms with E-state index in [9.17, 15) is 0 Å². The van der Waals surface area contributed by atoms with Crippen LogP contribution >= 0.6 is 0 Å². The van der Waals surface area contributed by atoms with E-state index in [4.69, 9.17) is 5.73 Å². The Morgan fingerprint density at radius 1 is 1.16 bits per heavy atom. The van der Waals surface area contributed by atoms with Gasteiger partial charge in [0.05, 0.1) is 0 Å². The van der Waals surface area contributed by atoms with E-state index in [0.29, 0.717) is 5.41 Å². The molecule has 2 N–H and O–H groups in total. The molecule has 112 valence electrons. The van der Waals surface area contributed by atoms with Crippen molar-refractivity contribution >= 4 is 0 Å². The van der Waals surface area contributed by atoms with E-state index in [1.165, 1.54) is 45.1 Å². The Morgan fingerprint density at radius 3 is 2.37 bits per heavy atom. The van der Waals surface area contributed by atoms with Gasteiger partial charge in [0.2, 0.25) is 0 Å². The van der Waals surface area contributed by atoms with E-state index < -0.39 is 0 Å². The number of hydrogen-bond acceptors (Lipinski definition) is 2. The van der Waals surface area contributed by atoms with Gasteiger partial charge in [-0.15, -0.1) is 0 Å². The molecule has 2 rings (SSSR count). The maximum atomic E-state index is 6.04. The third kappa shape index (κ3) is 3.72. The van der Waals surface area contributed by atoms with Gasteiger partial charge in [-0.1, -0.05) is 27.2 Å². The fraction of sp³-hybridized carbons (Fsp3) is 1.00. The standard InChI is InChI=1S/C17H34N2/c1-5-17(2,3)15-9-8-14(11-18)16(10-15)19(4)12-13-6-7-13/h13-16H,5-12,18H2,1-4H3. The summed E-state index contributed by atoms with van der Waals surface area (Å²) < 4.78 is 0. The van der Waals surface area contributed by atoms with E-state index in [-0.39, 0.29) is 0 Å². The molecule has 2 fully saturated rings. The lowest BCUT2D eigenvalue weighted by molar-refractivity contribution is 0.0482. The van der Waals surface area contributed by atoms with Crippen molar-refractivity contribution in [3.8, 4) is 0 Å². The van der Waals surface area contributed by atoms with Gasteiger partial charge in [0.25, 0.3) is 0 Å². The highest BCUT2D eigenvalue weighted by molar-refractivity contribution is 4.92. The first-order valence-corrected chi connectivity index (χ1v) is 8.38. The minimum absolute atomic E-state index is 0.498. The van der Waals surface area contributed by atoms with Crippen molar-refractivity contribution in [1.29, 1.82) is 0 Å². The fourth-order valence-electron chi connectivity index (χ4n) is 3.87. The first kappa shape index (κ1) is 15.3. The first-order valence-electron chi connectivity index (χ1n) is 8.38. The molecule has 0 heterocycles. The van der Waals surface area contributed by atoms with Crippen molar-refractivity contribution in [2.45, 2.75) is 65.3 Å². The summed E-state index contributed by atoms with van der Waals surface area (Å²) >= 11 is 0. The van der Waals surface area contributed by atoms with Gasteiger partial charge in [-0.05, 0) is 68.9 Å². The highest BCUT2D eigenvalue weighted by atomic mass is 15.1. The first-order chi connectivity index (χ1) is 8.97. The molecule has 0 aliphatic heterocycles. The van der Waals surface area contributed by atoms with Crippen molar-refractivity contribution < 1.29 is 0 Å². The summed E-state index contributed by atoms with van der Waals surface area (Å²) in [6.45, 7) is 9.44. The number of rotatable bonds is 6. The number of nitrogens with zero attached hydrogens (tertiary/aromatic N) is 1. The van der Waals surface area contributed by atoms with Gasteiger partial charge in [-0.25, -0.2) is 0 Å². The maximum absolute atomic E-state index is 6.04. The maximum Gasteiger partial charge on any atom is 0.0135 e. The zero-order valence-corrected chi connectivity index (χ0v) is 13.5. The molecule has 2 heteroatoms. The lowest BCUT2D eigenvalue weighted by Gasteiger charge is -2.46. The summed E-state index contributed by atoms with van der Waals surface area (Å²) in [5.41, 5.74) is 6.54. The third-order valence-electron chi connectivity index (χ3n) is 6.08. The van der Waals surface area contributed by atoms with Crippen molar-refractivity contribution in [3.63, 3.8) is 0 Å². The van der Waals surface area contributed by atoms with Gasteiger partial charge < -0.3 is 10.6 Å². The summed E-state index contributed by atoms with van der Waals surface area (Å²) in [6.07, 6.45) is 8.29. The van der Waals surface area contributed by atoms with Gasteiger partial charge >= 0.3 is 0 Å². The molecule has 0 bridgehead atoms. The Balaban J connectivity index is 1.99. The summed E-state index contributed by atoms with van der Waals surface area (Å²) in [6, 6.07) is 0.732. The lowest BCUT2D eigenvalue weighted by atomic mass is 9.65. The van der Waals surface area contributed by atoms with Crippen LogP contribution in [0.15, 0.2) is 0 Å². The van der Waals surface area contributed by atoms with Gasteiger partial charge in [-0.2, -0.15) is 0 Å². The van der Waals surface area contributed by atoms with E-state index in [2.05, 4.69) is 32.7 Å². The zero-order chi connectivity index (χ0) is 14.0. The summed E-state index contributed by atoms with van der Waals surface area (Å²) in [5.74, 6) is 2.60. The molecule has 0 aromatic carbocycles. The number of nitrogens with two attached hydrogens (primary N) is 1. The summed E-state index contributed by atoms with van der Waals surface area (Å²) in [5, 5.41) is 0. The molecular formula is C17H34N2. The smallest absolute Gasteiger partial charge is 0.0135 e. The van der Waals surface area contributed by atoms with Gasteiger partial charge in [0.1, 0.15) is 0 Å². The van der Waals surface area contributed by atoms with E-state index in [1.54, 1.807) is 0 Å². The molecule has 19 heavy (non-hydrogen) atoms. The Labute approximate surface area is 120 Å². The lowest BCUT2D eigenvalue weighted by Crippen LogP contribution is -2.47. The van der Waals surface area contributed by atoms with Crippen LogP contribution in [-0.4, -0.2) is 31.1 Å². The van der Waals surface area contributed by atoms with Crippen molar-refractivity contribution in [1.82, 2.24) is 4.90 Å². The van der Waals surface area contributed by atoms with E-state index in [0.717, 1.165) is 30.3 Å². The summed E-state index contributed by atoms with van der Waals surface area (Å²) in [4.78, 5) is 2.65. The van der Waals surface area contributed by atoms with Gasteiger partial charge in [0, 0.05) is 12.6 Å². The van der Waals surface area contributed by atoms with Crippen molar-refractivity contribution in [3.05, 3.63) is 0 Å². The average molecular weight is 266 g/mol. The molecule has 2 aliphatic rings.